The van der Waals surface area contributed by atoms with Crippen molar-refractivity contribution in [3.63, 3.8) is 0 Å². The summed E-state index contributed by atoms with van der Waals surface area (Å²) in [6.07, 6.45) is 1.29. The van der Waals surface area contributed by atoms with Gasteiger partial charge in [0.05, 0.1) is 5.25 Å². The molecular weight excluding hydrogens is 216 g/mol. The largest absolute Gasteiger partial charge is 0.396 e. The van der Waals surface area contributed by atoms with Gasteiger partial charge in [0.1, 0.15) is 0 Å². The van der Waals surface area contributed by atoms with E-state index < -0.39 is 15.3 Å². The minimum Gasteiger partial charge on any atom is -0.396 e. The van der Waals surface area contributed by atoms with Crippen molar-refractivity contribution in [1.82, 2.24) is 4.31 Å². The molecule has 1 heterocycles. The molecule has 90 valence electrons. The Morgan fingerprint density at radius 2 is 2.27 bits per heavy atom. The Hall–Kier alpha value is -0.170. The molecule has 0 aromatic carbocycles. The van der Waals surface area contributed by atoms with Gasteiger partial charge < -0.3 is 10.8 Å². The molecule has 15 heavy (non-hydrogen) atoms. The Balaban J connectivity index is 2.71. The normalized spacial score (nSPS) is 25.7. The van der Waals surface area contributed by atoms with Crippen LogP contribution in [-0.2, 0) is 10.0 Å². The fourth-order valence-electron chi connectivity index (χ4n) is 1.89. The van der Waals surface area contributed by atoms with Crippen molar-refractivity contribution in [3.8, 4) is 0 Å². The van der Waals surface area contributed by atoms with Crippen LogP contribution in [0.5, 0.6) is 0 Å². The van der Waals surface area contributed by atoms with Crippen molar-refractivity contribution in [3.05, 3.63) is 0 Å². The van der Waals surface area contributed by atoms with E-state index in [1.165, 1.54) is 4.31 Å². The lowest BCUT2D eigenvalue weighted by Crippen LogP contribution is -2.41. The van der Waals surface area contributed by atoms with Crippen LogP contribution >= 0.6 is 0 Å². The topological polar surface area (TPSA) is 83.6 Å². The molecule has 6 heteroatoms. The molecule has 3 N–H and O–H groups in total. The molecule has 0 aliphatic carbocycles. The minimum absolute atomic E-state index is 0.0609. The van der Waals surface area contributed by atoms with E-state index in [-0.39, 0.29) is 19.1 Å². The number of aliphatic hydroxyl groups excluding tert-OH is 1. The SMILES string of the molecule is CCC(CN)S(=O)(=O)N1CCC(CO)C1. The van der Waals surface area contributed by atoms with Gasteiger partial charge in [0.2, 0.25) is 10.0 Å². The molecule has 1 aliphatic heterocycles. The molecule has 1 saturated heterocycles. The van der Waals surface area contributed by atoms with Gasteiger partial charge in [0.25, 0.3) is 0 Å². The maximum atomic E-state index is 12.0. The molecule has 0 radical (unpaired) electrons. The lowest BCUT2D eigenvalue weighted by atomic mass is 10.1. The highest BCUT2D eigenvalue weighted by atomic mass is 32.2. The highest BCUT2D eigenvalue weighted by Crippen LogP contribution is 2.22. The first-order valence-electron chi connectivity index (χ1n) is 5.36. The van der Waals surface area contributed by atoms with Crippen molar-refractivity contribution < 1.29 is 13.5 Å². The summed E-state index contributed by atoms with van der Waals surface area (Å²) in [7, 11) is -3.25. The summed E-state index contributed by atoms with van der Waals surface area (Å²) in [5.41, 5.74) is 5.45. The lowest BCUT2D eigenvalue weighted by molar-refractivity contribution is 0.233. The van der Waals surface area contributed by atoms with Gasteiger partial charge in [-0.15, -0.1) is 0 Å². The molecule has 5 nitrogen and oxygen atoms in total. The number of nitrogens with zero attached hydrogens (tertiary/aromatic N) is 1. The first kappa shape index (κ1) is 12.9. The Morgan fingerprint density at radius 1 is 1.60 bits per heavy atom. The first-order valence-corrected chi connectivity index (χ1v) is 6.86. The molecule has 0 bridgehead atoms. The standard InChI is InChI=1S/C9H20N2O3S/c1-2-9(5-10)15(13,14)11-4-3-8(6-11)7-12/h8-9,12H,2-7,10H2,1H3. The van der Waals surface area contributed by atoms with Crippen molar-refractivity contribution in [2.75, 3.05) is 26.2 Å². The van der Waals surface area contributed by atoms with Gasteiger partial charge in [0.15, 0.2) is 0 Å². The predicted octanol–water partition coefficient (Wildman–Crippen LogP) is -0.632. The maximum Gasteiger partial charge on any atom is 0.218 e. The first-order chi connectivity index (χ1) is 7.06. The van der Waals surface area contributed by atoms with E-state index in [0.29, 0.717) is 19.5 Å². The summed E-state index contributed by atoms with van der Waals surface area (Å²) >= 11 is 0. The Kier molecular flexibility index (Phi) is 4.51. The van der Waals surface area contributed by atoms with Crippen molar-refractivity contribution in [2.45, 2.75) is 25.0 Å². The number of nitrogens with two attached hydrogens (primary N) is 1. The highest BCUT2D eigenvalue weighted by Gasteiger charge is 2.35. The van der Waals surface area contributed by atoms with Gasteiger partial charge in [-0.1, -0.05) is 6.92 Å². The van der Waals surface area contributed by atoms with Gasteiger partial charge in [-0.25, -0.2) is 12.7 Å². The lowest BCUT2D eigenvalue weighted by Gasteiger charge is -2.22. The van der Waals surface area contributed by atoms with Crippen LogP contribution < -0.4 is 5.73 Å². The number of hydrogen-bond donors (Lipinski definition) is 2. The number of aliphatic hydroxyl groups is 1. The fourth-order valence-corrected chi connectivity index (χ4v) is 3.75. The van der Waals surface area contributed by atoms with Crippen LogP contribution in [0.2, 0.25) is 0 Å². The monoisotopic (exact) mass is 236 g/mol. The van der Waals surface area contributed by atoms with E-state index in [1.54, 1.807) is 0 Å². The number of hydrogen-bond acceptors (Lipinski definition) is 4. The second kappa shape index (κ2) is 5.25. The van der Waals surface area contributed by atoms with Crippen molar-refractivity contribution >= 4 is 10.0 Å². The van der Waals surface area contributed by atoms with E-state index in [9.17, 15) is 8.42 Å². The molecule has 0 aromatic rings. The van der Waals surface area contributed by atoms with Crippen LogP contribution in [0.1, 0.15) is 19.8 Å². The van der Waals surface area contributed by atoms with Gasteiger partial charge in [0, 0.05) is 26.2 Å². The zero-order valence-electron chi connectivity index (χ0n) is 9.09. The van der Waals surface area contributed by atoms with E-state index in [4.69, 9.17) is 10.8 Å². The van der Waals surface area contributed by atoms with Crippen LogP contribution in [0.25, 0.3) is 0 Å². The summed E-state index contributed by atoms with van der Waals surface area (Å²) in [5.74, 6) is 0.0926. The van der Waals surface area contributed by atoms with Crippen molar-refractivity contribution in [2.24, 2.45) is 11.7 Å². The second-order valence-electron chi connectivity index (χ2n) is 4.01. The van der Waals surface area contributed by atoms with E-state index in [2.05, 4.69) is 0 Å². The summed E-state index contributed by atoms with van der Waals surface area (Å²) in [6.45, 7) is 3.01. The van der Waals surface area contributed by atoms with E-state index in [0.717, 1.165) is 6.42 Å². The highest BCUT2D eigenvalue weighted by molar-refractivity contribution is 7.89. The minimum atomic E-state index is -3.25. The average molecular weight is 236 g/mol. The second-order valence-corrected chi connectivity index (χ2v) is 6.22. The van der Waals surface area contributed by atoms with Gasteiger partial charge in [-0.3, -0.25) is 0 Å². The smallest absolute Gasteiger partial charge is 0.218 e. The Morgan fingerprint density at radius 3 is 2.67 bits per heavy atom. The molecule has 1 rings (SSSR count). The molecule has 2 unspecified atom stereocenters. The number of rotatable bonds is 5. The van der Waals surface area contributed by atoms with Crippen LogP contribution in [0.4, 0.5) is 0 Å². The quantitative estimate of drug-likeness (QED) is 0.665. The summed E-state index contributed by atoms with van der Waals surface area (Å²) in [5, 5.41) is 8.48. The molecule has 0 saturated carbocycles. The van der Waals surface area contributed by atoms with Gasteiger partial charge in [-0.05, 0) is 18.8 Å². The molecular formula is C9H20N2O3S. The van der Waals surface area contributed by atoms with Crippen LogP contribution in [0.3, 0.4) is 0 Å². The summed E-state index contributed by atoms with van der Waals surface area (Å²) in [4.78, 5) is 0. The molecule has 1 aliphatic rings. The molecule has 1 fully saturated rings. The zero-order chi connectivity index (χ0) is 11.5. The van der Waals surface area contributed by atoms with E-state index >= 15 is 0 Å². The Bertz CT molecular complexity index is 288. The maximum absolute atomic E-state index is 12.0. The zero-order valence-corrected chi connectivity index (χ0v) is 9.91. The molecule has 0 amide bonds. The molecule has 0 aromatic heterocycles. The third kappa shape index (κ3) is 2.69. The van der Waals surface area contributed by atoms with Crippen LogP contribution in [0.15, 0.2) is 0 Å². The summed E-state index contributed by atoms with van der Waals surface area (Å²) < 4.78 is 25.5. The van der Waals surface area contributed by atoms with Gasteiger partial charge >= 0.3 is 0 Å². The number of sulfonamides is 1. The Labute approximate surface area is 91.3 Å². The van der Waals surface area contributed by atoms with Gasteiger partial charge in [-0.2, -0.15) is 0 Å². The predicted molar refractivity (Wildman–Crippen MR) is 58.8 cm³/mol. The molecule has 0 spiro atoms. The molecule has 2 atom stereocenters. The fraction of sp³-hybridized carbons (Fsp3) is 1.00. The third-order valence-electron chi connectivity index (χ3n) is 3.01. The van der Waals surface area contributed by atoms with Crippen molar-refractivity contribution in [1.29, 1.82) is 0 Å². The van der Waals surface area contributed by atoms with Crippen LogP contribution in [0, 0.1) is 5.92 Å². The third-order valence-corrected chi connectivity index (χ3v) is 5.43. The van der Waals surface area contributed by atoms with Crippen LogP contribution in [-0.4, -0.2) is 49.3 Å². The van der Waals surface area contributed by atoms with E-state index in [1.807, 2.05) is 6.92 Å². The summed E-state index contributed by atoms with van der Waals surface area (Å²) in [6, 6.07) is 0. The average Bonchev–Trinajstić information content (AvgIpc) is 2.67.